The van der Waals surface area contributed by atoms with Crippen LogP contribution in [0.15, 0.2) is 0 Å². The third-order valence-corrected chi connectivity index (χ3v) is 7.11. The number of nitrogens with zero attached hydrogens (tertiary/aromatic N) is 1. The number of carboxylic acid groups (broad SMARTS) is 1. The first-order valence-corrected chi connectivity index (χ1v) is 11.4. The second-order valence-corrected chi connectivity index (χ2v) is 11.5. The molecule has 1 heterocycles. The molecule has 0 bridgehead atoms. The topological polar surface area (TPSA) is 142 Å². The number of nitrogens with one attached hydrogen (secondary N) is 2. The quantitative estimate of drug-likeness (QED) is 0.481. The number of hydrogen-bond donors (Lipinski definition) is 3. The van der Waals surface area contributed by atoms with Gasteiger partial charge in [0.1, 0.15) is 23.2 Å². The molecular formula is C23H35N3O7. The zero-order chi connectivity index (χ0) is 25.1. The van der Waals surface area contributed by atoms with Crippen LogP contribution >= 0.6 is 0 Å². The normalized spacial score (nSPS) is 27.3. The van der Waals surface area contributed by atoms with Crippen molar-refractivity contribution in [1.82, 2.24) is 15.5 Å². The van der Waals surface area contributed by atoms with Gasteiger partial charge >= 0.3 is 12.1 Å². The number of amides is 3. The van der Waals surface area contributed by atoms with E-state index in [1.54, 1.807) is 34.6 Å². The Morgan fingerprint density at radius 1 is 1.09 bits per heavy atom. The molecule has 1 aliphatic heterocycles. The number of carbonyl (C=O) groups excluding carboxylic acids is 4. The molecule has 0 aromatic heterocycles. The molecule has 2 saturated carbocycles. The molecule has 3 rings (SSSR count). The first kappa shape index (κ1) is 25.0. The van der Waals surface area contributed by atoms with Gasteiger partial charge in [-0.3, -0.25) is 14.4 Å². The largest absolute Gasteiger partial charge is 0.475 e. The second-order valence-electron chi connectivity index (χ2n) is 11.5. The van der Waals surface area contributed by atoms with Crippen LogP contribution in [-0.4, -0.2) is 69.4 Å². The maximum absolute atomic E-state index is 13.5. The number of alkyl carbamates (subject to hydrolysis) is 1. The summed E-state index contributed by atoms with van der Waals surface area (Å²) in [5.41, 5.74) is -2.27. The number of piperidine rings is 1. The van der Waals surface area contributed by atoms with Crippen LogP contribution in [-0.2, 0) is 23.9 Å². The Kier molecular flexibility index (Phi) is 6.05. The highest BCUT2D eigenvalue weighted by atomic mass is 16.6. The van der Waals surface area contributed by atoms with Crippen molar-refractivity contribution in [2.45, 2.75) is 84.5 Å². The molecule has 3 fully saturated rings. The first-order chi connectivity index (χ1) is 15.0. The predicted octanol–water partition coefficient (Wildman–Crippen LogP) is 1.32. The molecule has 3 aliphatic rings. The Morgan fingerprint density at radius 3 is 2.12 bits per heavy atom. The summed E-state index contributed by atoms with van der Waals surface area (Å²) in [6.07, 6.45) is -0.197. The number of hydrogen-bond acceptors (Lipinski definition) is 6. The van der Waals surface area contributed by atoms with Crippen molar-refractivity contribution in [1.29, 1.82) is 0 Å². The Morgan fingerprint density at radius 2 is 1.67 bits per heavy atom. The maximum atomic E-state index is 13.5. The number of Topliss-reactive ketones (excluding diaryl/α,β-unsaturated/α-hetero) is 1. The molecular weight excluding hydrogens is 430 g/mol. The zero-order valence-corrected chi connectivity index (χ0v) is 20.4. The summed E-state index contributed by atoms with van der Waals surface area (Å²) >= 11 is 0. The predicted molar refractivity (Wildman–Crippen MR) is 117 cm³/mol. The van der Waals surface area contributed by atoms with Crippen molar-refractivity contribution in [3.63, 3.8) is 0 Å². The SMILES string of the molecule is CC(C)[C@H](NC(=O)OC(C)(C)C)C(=O)N1C[C@H]2[C@@H]([C@H]1C(=O)NC1(C(=O)C(=O)O)CC1)C2(C)C. The van der Waals surface area contributed by atoms with Gasteiger partial charge in [0.2, 0.25) is 11.8 Å². The molecule has 10 heteroatoms. The molecule has 0 unspecified atom stereocenters. The van der Waals surface area contributed by atoms with Crippen molar-refractivity contribution in [2.75, 3.05) is 6.54 Å². The van der Waals surface area contributed by atoms with Gasteiger partial charge in [0.15, 0.2) is 0 Å². The summed E-state index contributed by atoms with van der Waals surface area (Å²) in [5.74, 6) is -3.80. The van der Waals surface area contributed by atoms with E-state index < -0.39 is 52.9 Å². The Labute approximate surface area is 193 Å². The summed E-state index contributed by atoms with van der Waals surface area (Å²) in [6, 6.07) is -1.73. The summed E-state index contributed by atoms with van der Waals surface area (Å²) in [5, 5.41) is 14.4. The lowest BCUT2D eigenvalue weighted by Gasteiger charge is -2.35. The van der Waals surface area contributed by atoms with Gasteiger partial charge in [-0.05, 0) is 56.8 Å². The first-order valence-electron chi connectivity index (χ1n) is 11.4. The monoisotopic (exact) mass is 465 g/mol. The van der Waals surface area contributed by atoms with Crippen LogP contribution in [0.2, 0.25) is 0 Å². The van der Waals surface area contributed by atoms with Crippen molar-refractivity contribution in [3.05, 3.63) is 0 Å². The number of likely N-dealkylation sites (tertiary alicyclic amines) is 1. The van der Waals surface area contributed by atoms with Gasteiger partial charge in [-0.15, -0.1) is 0 Å². The summed E-state index contributed by atoms with van der Waals surface area (Å²) in [4.78, 5) is 63.9. The van der Waals surface area contributed by atoms with Gasteiger partial charge < -0.3 is 25.4 Å². The number of ether oxygens (including phenoxy) is 1. The maximum Gasteiger partial charge on any atom is 0.408 e. The van der Waals surface area contributed by atoms with E-state index in [9.17, 15) is 24.0 Å². The van der Waals surface area contributed by atoms with E-state index in [1.807, 2.05) is 13.8 Å². The van der Waals surface area contributed by atoms with Crippen LogP contribution < -0.4 is 10.6 Å². The number of ketones is 1. The van der Waals surface area contributed by atoms with Crippen molar-refractivity contribution in [2.24, 2.45) is 23.2 Å². The highest BCUT2D eigenvalue weighted by Gasteiger charge is 2.70. The van der Waals surface area contributed by atoms with E-state index >= 15 is 0 Å². The van der Waals surface area contributed by atoms with E-state index in [0.717, 1.165) is 0 Å². The van der Waals surface area contributed by atoms with Gasteiger partial charge in [-0.25, -0.2) is 9.59 Å². The summed E-state index contributed by atoms with van der Waals surface area (Å²) in [7, 11) is 0. The van der Waals surface area contributed by atoms with E-state index in [1.165, 1.54) is 4.90 Å². The minimum absolute atomic E-state index is 0.105. The van der Waals surface area contributed by atoms with Gasteiger partial charge in [-0.1, -0.05) is 27.7 Å². The number of fused-ring (bicyclic) bond motifs is 1. The fraction of sp³-hybridized carbons (Fsp3) is 0.783. The Bertz CT molecular complexity index is 885. The van der Waals surface area contributed by atoms with E-state index in [2.05, 4.69) is 10.6 Å². The fourth-order valence-electron chi connectivity index (χ4n) is 4.99. The molecule has 33 heavy (non-hydrogen) atoms. The molecule has 0 aromatic rings. The van der Waals surface area contributed by atoms with Crippen LogP contribution in [0.4, 0.5) is 4.79 Å². The number of aliphatic carboxylic acids is 1. The number of carbonyl (C=O) groups is 5. The molecule has 0 spiro atoms. The van der Waals surface area contributed by atoms with Crippen molar-refractivity contribution >= 4 is 29.7 Å². The van der Waals surface area contributed by atoms with Gasteiger partial charge in [-0.2, -0.15) is 0 Å². The van der Waals surface area contributed by atoms with Crippen LogP contribution in [0.1, 0.15) is 61.3 Å². The molecule has 1 saturated heterocycles. The lowest BCUT2D eigenvalue weighted by Crippen LogP contribution is -2.59. The van der Waals surface area contributed by atoms with Gasteiger partial charge in [0.05, 0.1) is 0 Å². The average Bonchev–Trinajstić information content (AvgIpc) is 3.47. The number of carboxylic acids is 1. The molecule has 3 N–H and O–H groups in total. The smallest absolute Gasteiger partial charge is 0.408 e. The van der Waals surface area contributed by atoms with Gasteiger partial charge in [0.25, 0.3) is 5.78 Å². The van der Waals surface area contributed by atoms with E-state index in [4.69, 9.17) is 9.84 Å². The molecule has 2 aliphatic carbocycles. The van der Waals surface area contributed by atoms with Gasteiger partial charge in [0, 0.05) is 6.54 Å². The Hall–Kier alpha value is -2.65. The third-order valence-electron chi connectivity index (χ3n) is 7.11. The van der Waals surface area contributed by atoms with E-state index in [0.29, 0.717) is 6.54 Å². The molecule has 4 atom stereocenters. The average molecular weight is 466 g/mol. The highest BCUT2D eigenvalue weighted by molar-refractivity contribution is 6.37. The van der Waals surface area contributed by atoms with Crippen molar-refractivity contribution in [3.8, 4) is 0 Å². The van der Waals surface area contributed by atoms with Crippen LogP contribution in [0.25, 0.3) is 0 Å². The molecule has 184 valence electrons. The Balaban J connectivity index is 1.80. The zero-order valence-electron chi connectivity index (χ0n) is 20.4. The highest BCUT2D eigenvalue weighted by Crippen LogP contribution is 2.65. The minimum atomic E-state index is -1.58. The lowest BCUT2D eigenvalue weighted by atomic mass is 9.97. The fourth-order valence-corrected chi connectivity index (χ4v) is 4.99. The molecule has 0 aromatic carbocycles. The van der Waals surface area contributed by atoms with Crippen LogP contribution in [0.3, 0.4) is 0 Å². The lowest BCUT2D eigenvalue weighted by molar-refractivity contribution is -0.151. The van der Waals surface area contributed by atoms with Crippen molar-refractivity contribution < 1.29 is 33.8 Å². The standard InChI is InChI=1S/C23H35N3O7/c1-11(2)14(24-20(32)33-21(3,4)5)18(29)26-10-12-13(22(12,6)7)15(26)17(28)25-23(8-9-23)16(27)19(30)31/h11-15H,8-10H2,1-7H3,(H,24,32)(H,25,28)(H,30,31)/t12-,13-,14-,15-/m0/s1. The third kappa shape index (κ3) is 4.70. The second kappa shape index (κ2) is 7.99. The molecule has 10 nitrogen and oxygen atoms in total. The summed E-state index contributed by atoms with van der Waals surface area (Å²) < 4.78 is 5.30. The molecule has 0 radical (unpaired) electrons. The van der Waals surface area contributed by atoms with E-state index in [-0.39, 0.29) is 36.0 Å². The minimum Gasteiger partial charge on any atom is -0.475 e. The number of rotatable bonds is 7. The van der Waals surface area contributed by atoms with Crippen LogP contribution in [0.5, 0.6) is 0 Å². The molecule has 3 amide bonds. The summed E-state index contributed by atoms with van der Waals surface area (Å²) in [6.45, 7) is 13.2. The van der Waals surface area contributed by atoms with Crippen LogP contribution in [0, 0.1) is 23.2 Å².